The minimum Gasteiger partial charge on any atom is -0.481 e. The Morgan fingerprint density at radius 1 is 1.18 bits per heavy atom. The average Bonchev–Trinajstić information content (AvgIpc) is 3.16. The summed E-state index contributed by atoms with van der Waals surface area (Å²) in [7, 11) is 1.54. The number of nitrogens with zero attached hydrogens (tertiary/aromatic N) is 5. The van der Waals surface area contributed by atoms with E-state index < -0.39 is 0 Å². The summed E-state index contributed by atoms with van der Waals surface area (Å²) in [6.45, 7) is 1.93. The van der Waals surface area contributed by atoms with Crippen molar-refractivity contribution in [2.45, 2.75) is 13.3 Å². The number of hydrogen-bond donors (Lipinski definition) is 0. The molecule has 4 heterocycles. The lowest BCUT2D eigenvalue weighted by Gasteiger charge is -2.09. The third kappa shape index (κ3) is 3.66. The van der Waals surface area contributed by atoms with Gasteiger partial charge in [-0.3, -0.25) is 9.78 Å². The fourth-order valence-electron chi connectivity index (χ4n) is 2.81. The van der Waals surface area contributed by atoms with Crippen LogP contribution in [-0.4, -0.2) is 37.5 Å². The fourth-order valence-corrected chi connectivity index (χ4v) is 2.81. The van der Waals surface area contributed by atoms with E-state index in [1.54, 1.807) is 42.9 Å². The highest BCUT2D eigenvalue weighted by Gasteiger charge is 2.17. The zero-order chi connectivity index (χ0) is 19.5. The first-order valence-corrected chi connectivity index (χ1v) is 8.58. The molecule has 0 fully saturated rings. The van der Waals surface area contributed by atoms with Gasteiger partial charge in [0.25, 0.3) is 0 Å². The maximum absolute atomic E-state index is 13.0. The van der Waals surface area contributed by atoms with E-state index >= 15 is 0 Å². The van der Waals surface area contributed by atoms with Crippen molar-refractivity contribution in [2.24, 2.45) is 0 Å². The molecule has 0 aliphatic rings. The van der Waals surface area contributed by atoms with E-state index in [4.69, 9.17) is 9.47 Å². The number of methoxy groups -OCH3 is 1. The van der Waals surface area contributed by atoms with Gasteiger partial charge in [0.2, 0.25) is 5.88 Å². The number of Topliss-reactive ketones (excluding diaryl/α,β-unsaturated/α-hetero) is 1. The zero-order valence-electron chi connectivity index (χ0n) is 15.4. The van der Waals surface area contributed by atoms with Gasteiger partial charge in [-0.1, -0.05) is 6.07 Å². The van der Waals surface area contributed by atoms with Crippen LogP contribution in [0.5, 0.6) is 17.4 Å². The van der Waals surface area contributed by atoms with Crippen molar-refractivity contribution in [3.05, 3.63) is 72.1 Å². The van der Waals surface area contributed by atoms with Crippen LogP contribution in [0.3, 0.4) is 0 Å². The van der Waals surface area contributed by atoms with Crippen LogP contribution in [-0.2, 0) is 6.42 Å². The van der Waals surface area contributed by atoms with Gasteiger partial charge in [-0.2, -0.15) is 5.10 Å². The second-order valence-corrected chi connectivity index (χ2v) is 6.19. The number of rotatable bonds is 6. The van der Waals surface area contributed by atoms with Crippen molar-refractivity contribution in [1.29, 1.82) is 0 Å². The standard InChI is InChI=1S/C20H17N5O3/c1-13-6-15(10-21-9-13)28-16-8-17(20-22-12-23-25(20)11-16)18(26)7-14-4-3-5-19(24-14)27-2/h3-6,8-12H,7H2,1-2H3. The zero-order valence-corrected chi connectivity index (χ0v) is 15.4. The van der Waals surface area contributed by atoms with Crippen molar-refractivity contribution in [3.8, 4) is 17.4 Å². The van der Waals surface area contributed by atoms with E-state index in [-0.39, 0.29) is 12.2 Å². The fraction of sp³-hybridized carbons (Fsp3) is 0.150. The molecule has 0 aliphatic carbocycles. The number of hydrogen-bond acceptors (Lipinski definition) is 7. The van der Waals surface area contributed by atoms with Crippen LogP contribution in [0.4, 0.5) is 0 Å². The summed E-state index contributed by atoms with van der Waals surface area (Å²) in [4.78, 5) is 25.6. The van der Waals surface area contributed by atoms with Gasteiger partial charge in [0.1, 0.15) is 17.8 Å². The molecule has 0 saturated carbocycles. The number of aromatic nitrogens is 5. The van der Waals surface area contributed by atoms with Crippen LogP contribution in [0.2, 0.25) is 0 Å². The Morgan fingerprint density at radius 3 is 2.89 bits per heavy atom. The van der Waals surface area contributed by atoms with Crippen LogP contribution in [0, 0.1) is 6.92 Å². The van der Waals surface area contributed by atoms with Gasteiger partial charge in [-0.15, -0.1) is 0 Å². The third-order valence-electron chi connectivity index (χ3n) is 4.07. The first kappa shape index (κ1) is 17.6. The van der Waals surface area contributed by atoms with E-state index in [0.717, 1.165) is 5.56 Å². The summed E-state index contributed by atoms with van der Waals surface area (Å²) in [6.07, 6.45) is 6.53. The van der Waals surface area contributed by atoms with Crippen LogP contribution >= 0.6 is 0 Å². The molecule has 28 heavy (non-hydrogen) atoms. The molecule has 0 aromatic carbocycles. The van der Waals surface area contributed by atoms with Gasteiger partial charge < -0.3 is 9.47 Å². The Morgan fingerprint density at radius 2 is 2.07 bits per heavy atom. The summed E-state index contributed by atoms with van der Waals surface area (Å²) < 4.78 is 12.5. The van der Waals surface area contributed by atoms with Gasteiger partial charge in [0, 0.05) is 12.3 Å². The van der Waals surface area contributed by atoms with Crippen LogP contribution in [0.25, 0.3) is 5.65 Å². The highest BCUT2D eigenvalue weighted by molar-refractivity contribution is 6.02. The Kier molecular flexibility index (Phi) is 4.67. The molecule has 0 N–H and O–H groups in total. The number of ketones is 1. The first-order valence-electron chi connectivity index (χ1n) is 8.58. The van der Waals surface area contributed by atoms with Gasteiger partial charge in [0.05, 0.1) is 37.2 Å². The topological polar surface area (TPSA) is 91.5 Å². The van der Waals surface area contributed by atoms with E-state index in [2.05, 4.69) is 20.1 Å². The molecule has 140 valence electrons. The monoisotopic (exact) mass is 375 g/mol. The Hall–Kier alpha value is -3.81. The Labute approximate surface area is 160 Å². The third-order valence-corrected chi connectivity index (χ3v) is 4.07. The van der Waals surface area contributed by atoms with Gasteiger partial charge in [-0.05, 0) is 30.7 Å². The number of carbonyl (C=O) groups excluding carboxylic acids is 1. The predicted octanol–water partition coefficient (Wildman–Crippen LogP) is 3.05. The predicted molar refractivity (Wildman–Crippen MR) is 101 cm³/mol. The molecule has 0 saturated heterocycles. The minimum atomic E-state index is -0.147. The molecule has 0 bridgehead atoms. The smallest absolute Gasteiger partial charge is 0.213 e. The van der Waals surface area contributed by atoms with E-state index in [9.17, 15) is 4.79 Å². The SMILES string of the molecule is COc1cccc(CC(=O)c2cc(Oc3cncc(C)c3)cn3ncnc23)n1. The number of aryl methyl sites for hydroxylation is 1. The number of ether oxygens (including phenoxy) is 2. The summed E-state index contributed by atoms with van der Waals surface area (Å²) in [6, 6.07) is 8.83. The molecule has 0 unspecified atom stereocenters. The number of pyridine rings is 3. The highest BCUT2D eigenvalue weighted by atomic mass is 16.5. The Balaban J connectivity index is 1.67. The maximum atomic E-state index is 13.0. The van der Waals surface area contributed by atoms with Crippen molar-refractivity contribution < 1.29 is 14.3 Å². The quantitative estimate of drug-likeness (QED) is 0.478. The molecule has 4 aromatic heterocycles. The Bertz CT molecular complexity index is 1160. The molecule has 4 aromatic rings. The van der Waals surface area contributed by atoms with Crippen LogP contribution in [0.1, 0.15) is 21.6 Å². The van der Waals surface area contributed by atoms with Crippen molar-refractivity contribution in [1.82, 2.24) is 24.6 Å². The lowest BCUT2D eigenvalue weighted by Crippen LogP contribution is -2.08. The van der Waals surface area contributed by atoms with Crippen LogP contribution in [0.15, 0.2) is 55.2 Å². The van der Waals surface area contributed by atoms with E-state index in [0.29, 0.717) is 34.3 Å². The molecule has 0 aliphatic heterocycles. The van der Waals surface area contributed by atoms with Gasteiger partial charge in [0.15, 0.2) is 11.4 Å². The van der Waals surface area contributed by atoms with E-state index in [1.165, 1.54) is 18.0 Å². The largest absolute Gasteiger partial charge is 0.481 e. The lowest BCUT2D eigenvalue weighted by atomic mass is 10.1. The summed E-state index contributed by atoms with van der Waals surface area (Å²) in [5, 5.41) is 4.14. The molecule has 4 rings (SSSR count). The average molecular weight is 375 g/mol. The van der Waals surface area contributed by atoms with E-state index in [1.807, 2.05) is 13.0 Å². The van der Waals surface area contributed by atoms with Crippen molar-refractivity contribution >= 4 is 11.4 Å². The van der Waals surface area contributed by atoms with Crippen LogP contribution < -0.4 is 9.47 Å². The van der Waals surface area contributed by atoms with Gasteiger partial charge >= 0.3 is 0 Å². The van der Waals surface area contributed by atoms with Crippen molar-refractivity contribution in [2.75, 3.05) is 7.11 Å². The number of fused-ring (bicyclic) bond motifs is 1. The molecular formula is C20H17N5O3. The summed E-state index contributed by atoms with van der Waals surface area (Å²) in [5.74, 6) is 1.35. The molecule has 0 amide bonds. The second-order valence-electron chi connectivity index (χ2n) is 6.19. The molecule has 0 atom stereocenters. The highest BCUT2D eigenvalue weighted by Crippen LogP contribution is 2.24. The lowest BCUT2D eigenvalue weighted by molar-refractivity contribution is 0.0992. The molecule has 0 spiro atoms. The molecular weight excluding hydrogens is 358 g/mol. The maximum Gasteiger partial charge on any atom is 0.213 e. The van der Waals surface area contributed by atoms with Gasteiger partial charge in [-0.25, -0.2) is 14.5 Å². The first-order chi connectivity index (χ1) is 13.6. The minimum absolute atomic E-state index is 0.106. The molecule has 0 radical (unpaired) electrons. The second kappa shape index (κ2) is 7.43. The summed E-state index contributed by atoms with van der Waals surface area (Å²) in [5.41, 5.74) is 2.44. The van der Waals surface area contributed by atoms with Crippen molar-refractivity contribution in [3.63, 3.8) is 0 Å². The molecule has 8 heteroatoms. The number of carbonyl (C=O) groups is 1. The normalized spacial score (nSPS) is 10.8. The molecule has 8 nitrogen and oxygen atoms in total. The summed E-state index contributed by atoms with van der Waals surface area (Å²) >= 11 is 0.